The summed E-state index contributed by atoms with van der Waals surface area (Å²) in [6.07, 6.45) is 4.62. The predicted octanol–water partition coefficient (Wildman–Crippen LogP) is 2.68. The highest BCUT2D eigenvalue weighted by Crippen LogP contribution is 2.23. The zero-order valence-electron chi connectivity index (χ0n) is 11.5. The van der Waals surface area contributed by atoms with Crippen LogP contribution in [0.3, 0.4) is 0 Å². The lowest BCUT2D eigenvalue weighted by molar-refractivity contribution is 0.251. The first kappa shape index (κ1) is 13.2. The number of rotatable bonds is 3. The fourth-order valence-corrected chi connectivity index (χ4v) is 3.28. The molecule has 106 valence electrons. The number of carbonyl (C=O) groups excluding carboxylic acids is 1. The molecular formula is C14H18N4OS. The number of aryl methyl sites for hydroxylation is 1. The third-order valence-electron chi connectivity index (χ3n) is 3.62. The van der Waals surface area contributed by atoms with Gasteiger partial charge in [0.15, 0.2) is 0 Å². The Morgan fingerprint density at radius 1 is 1.45 bits per heavy atom. The summed E-state index contributed by atoms with van der Waals surface area (Å²) in [5.74, 6) is 0. The Balaban J connectivity index is 1.62. The number of amides is 2. The van der Waals surface area contributed by atoms with Crippen LogP contribution >= 0.6 is 11.3 Å². The molecule has 2 N–H and O–H groups in total. The first-order chi connectivity index (χ1) is 9.74. The molecule has 2 heterocycles. The highest BCUT2D eigenvalue weighted by molar-refractivity contribution is 7.14. The first-order valence-electron chi connectivity index (χ1n) is 6.86. The van der Waals surface area contributed by atoms with Crippen molar-refractivity contribution < 1.29 is 4.79 Å². The monoisotopic (exact) mass is 290 g/mol. The Bertz CT molecular complexity index is 603. The largest absolute Gasteiger partial charge is 0.332 e. The van der Waals surface area contributed by atoms with E-state index in [1.165, 1.54) is 35.4 Å². The molecule has 0 aromatic carbocycles. The minimum atomic E-state index is -0.178. The zero-order valence-corrected chi connectivity index (χ0v) is 12.3. The van der Waals surface area contributed by atoms with Crippen molar-refractivity contribution >= 4 is 22.4 Å². The lowest BCUT2D eigenvalue weighted by atomic mass is 9.96. The molecule has 20 heavy (non-hydrogen) atoms. The van der Waals surface area contributed by atoms with Crippen molar-refractivity contribution in [3.8, 4) is 0 Å². The zero-order chi connectivity index (χ0) is 13.9. The summed E-state index contributed by atoms with van der Waals surface area (Å²) in [6, 6.07) is 3.62. The fraction of sp³-hybridized carbons (Fsp3) is 0.429. The number of carbonyl (C=O) groups is 1. The summed E-state index contributed by atoms with van der Waals surface area (Å²) in [6.45, 7) is 0.486. The molecule has 0 saturated heterocycles. The van der Waals surface area contributed by atoms with E-state index in [9.17, 15) is 4.79 Å². The maximum atomic E-state index is 11.8. The van der Waals surface area contributed by atoms with Crippen LogP contribution in [0.5, 0.6) is 0 Å². The predicted molar refractivity (Wildman–Crippen MR) is 80.0 cm³/mol. The van der Waals surface area contributed by atoms with Crippen LogP contribution in [-0.2, 0) is 26.4 Å². The van der Waals surface area contributed by atoms with E-state index in [2.05, 4.69) is 15.7 Å². The van der Waals surface area contributed by atoms with Crippen LogP contribution in [0.15, 0.2) is 17.5 Å². The molecule has 0 aliphatic heterocycles. The summed E-state index contributed by atoms with van der Waals surface area (Å²) >= 11 is 1.51. The molecule has 5 nitrogen and oxygen atoms in total. The van der Waals surface area contributed by atoms with Gasteiger partial charge in [0.1, 0.15) is 0 Å². The van der Waals surface area contributed by atoms with E-state index in [1.54, 1.807) is 0 Å². The molecule has 1 aliphatic carbocycles. The van der Waals surface area contributed by atoms with Crippen molar-refractivity contribution in [3.63, 3.8) is 0 Å². The fourth-order valence-electron chi connectivity index (χ4n) is 2.67. The number of fused-ring (bicyclic) bond motifs is 1. The molecule has 2 amide bonds. The Hall–Kier alpha value is -1.82. The maximum absolute atomic E-state index is 11.8. The second-order valence-corrected chi connectivity index (χ2v) is 5.94. The summed E-state index contributed by atoms with van der Waals surface area (Å²) in [5, 5.41) is 13.0. The topological polar surface area (TPSA) is 59.0 Å². The van der Waals surface area contributed by atoms with Crippen LogP contribution in [0.1, 0.15) is 29.8 Å². The van der Waals surface area contributed by atoms with E-state index in [0.29, 0.717) is 6.54 Å². The number of hydrogen-bond donors (Lipinski definition) is 2. The van der Waals surface area contributed by atoms with Gasteiger partial charge in [-0.3, -0.25) is 10.00 Å². The second kappa shape index (κ2) is 5.66. The molecule has 0 bridgehead atoms. The molecule has 2 aromatic heterocycles. The van der Waals surface area contributed by atoms with Gasteiger partial charge in [0.2, 0.25) is 0 Å². The molecule has 0 unspecified atom stereocenters. The summed E-state index contributed by atoms with van der Waals surface area (Å²) in [5.41, 5.74) is 3.66. The molecular weight excluding hydrogens is 272 g/mol. The van der Waals surface area contributed by atoms with Gasteiger partial charge in [-0.2, -0.15) is 5.10 Å². The molecule has 0 atom stereocenters. The molecule has 0 radical (unpaired) electrons. The number of nitrogens with zero attached hydrogens (tertiary/aromatic N) is 2. The van der Waals surface area contributed by atoms with Gasteiger partial charge in [-0.05, 0) is 48.8 Å². The molecule has 0 spiro atoms. The van der Waals surface area contributed by atoms with Crippen LogP contribution in [-0.4, -0.2) is 15.8 Å². The van der Waals surface area contributed by atoms with Crippen molar-refractivity contribution in [2.75, 3.05) is 5.32 Å². The van der Waals surface area contributed by atoms with Crippen molar-refractivity contribution in [1.82, 2.24) is 15.1 Å². The van der Waals surface area contributed by atoms with Crippen molar-refractivity contribution in [2.45, 2.75) is 32.2 Å². The Labute approximate surface area is 122 Å². The van der Waals surface area contributed by atoms with Crippen molar-refractivity contribution in [2.24, 2.45) is 7.05 Å². The lowest BCUT2D eigenvalue weighted by Crippen LogP contribution is -2.28. The molecule has 0 saturated carbocycles. The van der Waals surface area contributed by atoms with Crippen molar-refractivity contribution in [3.05, 3.63) is 34.5 Å². The van der Waals surface area contributed by atoms with Gasteiger partial charge in [0, 0.05) is 12.7 Å². The van der Waals surface area contributed by atoms with Gasteiger partial charge in [-0.15, -0.1) is 11.3 Å². The number of aromatic nitrogens is 2. The van der Waals surface area contributed by atoms with Gasteiger partial charge in [-0.25, -0.2) is 4.79 Å². The number of anilines is 1. The minimum Gasteiger partial charge on any atom is -0.332 e. The highest BCUT2D eigenvalue weighted by atomic mass is 32.1. The summed E-state index contributed by atoms with van der Waals surface area (Å²) in [4.78, 5) is 11.8. The van der Waals surface area contributed by atoms with Crippen LogP contribution in [0.25, 0.3) is 0 Å². The first-order valence-corrected chi connectivity index (χ1v) is 7.74. The molecule has 0 fully saturated rings. The average Bonchev–Trinajstić information content (AvgIpc) is 3.06. The molecule has 2 aromatic rings. The third kappa shape index (κ3) is 2.70. The second-order valence-electron chi connectivity index (χ2n) is 4.99. The van der Waals surface area contributed by atoms with Crippen molar-refractivity contribution in [1.29, 1.82) is 0 Å². The maximum Gasteiger partial charge on any atom is 0.320 e. The molecule has 3 rings (SSSR count). The van der Waals surface area contributed by atoms with Gasteiger partial charge < -0.3 is 5.32 Å². The number of thiophene rings is 1. The number of hydrogen-bond acceptors (Lipinski definition) is 3. The van der Waals surface area contributed by atoms with E-state index < -0.39 is 0 Å². The van der Waals surface area contributed by atoms with Crippen LogP contribution in [0.4, 0.5) is 9.80 Å². The summed E-state index contributed by atoms with van der Waals surface area (Å²) in [7, 11) is 1.99. The lowest BCUT2D eigenvalue weighted by Gasteiger charge is -2.12. The van der Waals surface area contributed by atoms with Gasteiger partial charge in [-0.1, -0.05) is 0 Å². The van der Waals surface area contributed by atoms with Crippen LogP contribution in [0.2, 0.25) is 0 Å². The third-order valence-corrected chi connectivity index (χ3v) is 4.41. The number of urea groups is 1. The van der Waals surface area contributed by atoms with E-state index in [-0.39, 0.29) is 6.03 Å². The quantitative estimate of drug-likeness (QED) is 0.913. The van der Waals surface area contributed by atoms with Gasteiger partial charge in [0.05, 0.1) is 17.2 Å². The SMILES string of the molecule is Cn1nc(CNC(=O)Nc2cccs2)c2c1CCCC2. The van der Waals surface area contributed by atoms with Gasteiger partial charge in [0.25, 0.3) is 0 Å². The van der Waals surface area contributed by atoms with E-state index in [1.807, 2.05) is 29.2 Å². The minimum absolute atomic E-state index is 0.178. The highest BCUT2D eigenvalue weighted by Gasteiger charge is 2.19. The average molecular weight is 290 g/mol. The van der Waals surface area contributed by atoms with E-state index >= 15 is 0 Å². The van der Waals surface area contributed by atoms with Crippen LogP contribution < -0.4 is 10.6 Å². The Morgan fingerprint density at radius 3 is 3.10 bits per heavy atom. The van der Waals surface area contributed by atoms with E-state index in [4.69, 9.17) is 0 Å². The summed E-state index contributed by atoms with van der Waals surface area (Å²) < 4.78 is 1.96. The van der Waals surface area contributed by atoms with E-state index in [0.717, 1.165) is 23.5 Å². The molecule has 6 heteroatoms. The Kier molecular flexibility index (Phi) is 3.73. The van der Waals surface area contributed by atoms with Crippen LogP contribution in [0, 0.1) is 0 Å². The molecule has 1 aliphatic rings. The van der Waals surface area contributed by atoms with Gasteiger partial charge >= 0.3 is 6.03 Å². The number of nitrogens with one attached hydrogen (secondary N) is 2. The standard InChI is InChI=1S/C14H18N4OS/c1-18-12-6-3-2-5-10(12)11(17-18)9-15-14(19)16-13-7-4-8-20-13/h4,7-8H,2-3,5-6,9H2,1H3,(H2,15,16,19). The smallest absolute Gasteiger partial charge is 0.320 e. The normalized spacial score (nSPS) is 13.8. The Morgan fingerprint density at radius 2 is 2.30 bits per heavy atom.